The molecule has 2 heterocycles. The number of ether oxygens (including phenoxy) is 1. The van der Waals surface area contributed by atoms with Gasteiger partial charge in [-0.1, -0.05) is 0 Å². The quantitative estimate of drug-likeness (QED) is 0.864. The van der Waals surface area contributed by atoms with Gasteiger partial charge in [0, 0.05) is 25.3 Å². The normalized spacial score (nSPS) is 23.8. The molecule has 6 nitrogen and oxygen atoms in total. The van der Waals surface area contributed by atoms with E-state index in [2.05, 4.69) is 15.3 Å². The lowest BCUT2D eigenvalue weighted by Crippen LogP contribution is -2.57. The zero-order chi connectivity index (χ0) is 14.8. The largest absolute Gasteiger partial charge is 0.363 e. The third-order valence-corrected chi connectivity index (χ3v) is 3.66. The van der Waals surface area contributed by atoms with E-state index in [4.69, 9.17) is 4.74 Å². The van der Waals surface area contributed by atoms with Gasteiger partial charge < -0.3 is 15.0 Å². The van der Waals surface area contributed by atoms with Gasteiger partial charge in [-0.25, -0.2) is 0 Å². The Morgan fingerprint density at radius 2 is 2.30 bits per heavy atom. The lowest BCUT2D eigenvalue weighted by Gasteiger charge is -2.37. The molecule has 0 saturated carbocycles. The smallest absolute Gasteiger partial charge is 0.253 e. The van der Waals surface area contributed by atoms with Crippen LogP contribution in [-0.4, -0.2) is 59.5 Å². The highest BCUT2D eigenvalue weighted by atomic mass is 16.5. The van der Waals surface area contributed by atoms with Crippen LogP contribution in [0.1, 0.15) is 18.3 Å². The fraction of sp³-hybridized carbons (Fsp3) is 0.714. The molecule has 0 spiro atoms. The third kappa shape index (κ3) is 3.37. The summed E-state index contributed by atoms with van der Waals surface area (Å²) < 4.78 is 7.56. The average molecular weight is 280 g/mol. The van der Waals surface area contributed by atoms with Gasteiger partial charge in [-0.3, -0.25) is 9.48 Å². The van der Waals surface area contributed by atoms with Crippen molar-refractivity contribution < 1.29 is 9.53 Å². The number of amides is 1. The van der Waals surface area contributed by atoms with E-state index in [0.717, 1.165) is 17.9 Å². The predicted octanol–water partition coefficient (Wildman–Crippen LogP) is 0.337. The number of hydrogen-bond donors (Lipinski definition) is 1. The number of nitrogens with zero attached hydrogens (tertiary/aromatic N) is 3. The second kappa shape index (κ2) is 5.93. The number of likely N-dealkylation sites (N-methyl/N-ethyl adjacent to an activating group) is 1. The molecule has 6 heteroatoms. The Morgan fingerprint density at radius 3 is 2.90 bits per heavy atom. The molecule has 0 unspecified atom stereocenters. The maximum atomic E-state index is 12.3. The third-order valence-electron chi connectivity index (χ3n) is 3.66. The van der Waals surface area contributed by atoms with Crippen LogP contribution in [0.4, 0.5) is 0 Å². The molecule has 1 aromatic heterocycles. The van der Waals surface area contributed by atoms with Crippen LogP contribution in [-0.2, 0) is 16.1 Å². The summed E-state index contributed by atoms with van der Waals surface area (Å²) in [6.45, 7) is 9.16. The molecule has 1 N–H and O–H groups in total. The van der Waals surface area contributed by atoms with E-state index in [0.29, 0.717) is 26.2 Å². The zero-order valence-corrected chi connectivity index (χ0v) is 12.8. The van der Waals surface area contributed by atoms with Gasteiger partial charge in [-0.15, -0.1) is 0 Å². The molecular formula is C14H24N4O2. The van der Waals surface area contributed by atoms with Gasteiger partial charge in [-0.05, 0) is 33.9 Å². The first-order chi connectivity index (χ1) is 9.40. The van der Waals surface area contributed by atoms with Crippen molar-refractivity contribution in [2.45, 2.75) is 32.9 Å². The molecule has 2 rings (SSSR count). The number of aromatic nitrogens is 2. The van der Waals surface area contributed by atoms with E-state index in [-0.39, 0.29) is 5.91 Å². The molecule has 1 amide bonds. The molecule has 1 atom stereocenters. The average Bonchev–Trinajstić information content (AvgIpc) is 2.67. The summed E-state index contributed by atoms with van der Waals surface area (Å²) in [6.07, 6.45) is 0. The summed E-state index contributed by atoms with van der Waals surface area (Å²) in [7, 11) is 2.00. The van der Waals surface area contributed by atoms with Gasteiger partial charge in [0.1, 0.15) is 0 Å². The Balaban J connectivity index is 1.84. The molecule has 0 aliphatic carbocycles. The number of morpholine rings is 1. The number of aryl methyl sites for hydroxylation is 2. The fourth-order valence-electron chi connectivity index (χ4n) is 2.57. The van der Waals surface area contributed by atoms with E-state index in [1.807, 2.05) is 38.6 Å². The zero-order valence-electron chi connectivity index (χ0n) is 12.8. The highest BCUT2D eigenvalue weighted by molar-refractivity contribution is 5.85. The Kier molecular flexibility index (Phi) is 4.45. The maximum Gasteiger partial charge on any atom is 0.253 e. The van der Waals surface area contributed by atoms with Crippen molar-refractivity contribution in [3.8, 4) is 0 Å². The summed E-state index contributed by atoms with van der Waals surface area (Å²) in [4.78, 5) is 14.4. The Bertz CT molecular complexity index is 486. The van der Waals surface area contributed by atoms with Crippen LogP contribution in [0.25, 0.3) is 0 Å². The van der Waals surface area contributed by atoms with Crippen LogP contribution in [0.15, 0.2) is 6.07 Å². The van der Waals surface area contributed by atoms with E-state index in [9.17, 15) is 4.79 Å². The van der Waals surface area contributed by atoms with Crippen molar-refractivity contribution in [3.63, 3.8) is 0 Å². The van der Waals surface area contributed by atoms with Crippen LogP contribution in [0, 0.1) is 13.8 Å². The minimum atomic E-state index is -0.748. The standard InChI is InChI=1S/C14H24N4O2/c1-11-9-12(2)18(16-11)6-5-15-13(19)14(3)10-17(4)7-8-20-14/h9H,5-8,10H2,1-4H3,(H,15,19)/t14-/m0/s1. The first-order valence-corrected chi connectivity index (χ1v) is 7.02. The first-order valence-electron chi connectivity index (χ1n) is 7.02. The van der Waals surface area contributed by atoms with Crippen molar-refractivity contribution in [1.29, 1.82) is 0 Å². The summed E-state index contributed by atoms with van der Waals surface area (Å²) >= 11 is 0. The van der Waals surface area contributed by atoms with Gasteiger partial charge in [0.15, 0.2) is 5.60 Å². The van der Waals surface area contributed by atoms with Crippen LogP contribution in [0.3, 0.4) is 0 Å². The molecule has 1 aliphatic rings. The van der Waals surface area contributed by atoms with Crippen molar-refractivity contribution in [1.82, 2.24) is 20.0 Å². The van der Waals surface area contributed by atoms with Crippen LogP contribution in [0.5, 0.6) is 0 Å². The molecule has 112 valence electrons. The summed E-state index contributed by atoms with van der Waals surface area (Å²) in [5.41, 5.74) is 1.36. The Morgan fingerprint density at radius 1 is 1.55 bits per heavy atom. The molecule has 1 fully saturated rings. The molecule has 1 saturated heterocycles. The maximum absolute atomic E-state index is 12.3. The highest BCUT2D eigenvalue weighted by Crippen LogP contribution is 2.16. The number of rotatable bonds is 4. The topological polar surface area (TPSA) is 59.4 Å². The SMILES string of the molecule is Cc1cc(C)n(CCNC(=O)[C@]2(C)CN(C)CCO2)n1. The van der Waals surface area contributed by atoms with Crippen molar-refractivity contribution >= 4 is 5.91 Å². The number of carbonyl (C=O) groups is 1. The highest BCUT2D eigenvalue weighted by Gasteiger charge is 2.37. The van der Waals surface area contributed by atoms with Crippen LogP contribution >= 0.6 is 0 Å². The monoisotopic (exact) mass is 280 g/mol. The summed E-state index contributed by atoms with van der Waals surface area (Å²) in [6, 6.07) is 2.03. The fourth-order valence-corrected chi connectivity index (χ4v) is 2.57. The predicted molar refractivity (Wildman–Crippen MR) is 76.6 cm³/mol. The van der Waals surface area contributed by atoms with Gasteiger partial charge in [0.2, 0.25) is 0 Å². The molecular weight excluding hydrogens is 256 g/mol. The lowest BCUT2D eigenvalue weighted by molar-refractivity contribution is -0.155. The lowest BCUT2D eigenvalue weighted by atomic mass is 10.0. The van der Waals surface area contributed by atoms with Gasteiger partial charge in [-0.2, -0.15) is 5.10 Å². The van der Waals surface area contributed by atoms with Gasteiger partial charge >= 0.3 is 0 Å². The summed E-state index contributed by atoms with van der Waals surface area (Å²) in [5.74, 6) is -0.0504. The van der Waals surface area contributed by atoms with Crippen LogP contribution in [0.2, 0.25) is 0 Å². The van der Waals surface area contributed by atoms with Gasteiger partial charge in [0.25, 0.3) is 5.91 Å². The Hall–Kier alpha value is -1.40. The molecule has 1 aliphatic heterocycles. The van der Waals surface area contributed by atoms with Crippen molar-refractivity contribution in [2.75, 3.05) is 33.3 Å². The van der Waals surface area contributed by atoms with E-state index in [1.165, 1.54) is 0 Å². The molecule has 0 bridgehead atoms. The Labute approximate surface area is 120 Å². The number of nitrogens with one attached hydrogen (secondary N) is 1. The van der Waals surface area contributed by atoms with Crippen LogP contribution < -0.4 is 5.32 Å². The second-order valence-electron chi connectivity index (χ2n) is 5.72. The van der Waals surface area contributed by atoms with E-state index in [1.54, 1.807) is 0 Å². The second-order valence-corrected chi connectivity index (χ2v) is 5.72. The van der Waals surface area contributed by atoms with Crippen molar-refractivity contribution in [3.05, 3.63) is 17.5 Å². The minimum absolute atomic E-state index is 0.0504. The number of carbonyl (C=O) groups excluding carboxylic acids is 1. The number of hydrogen-bond acceptors (Lipinski definition) is 4. The van der Waals surface area contributed by atoms with E-state index >= 15 is 0 Å². The molecule has 1 aromatic rings. The molecule has 20 heavy (non-hydrogen) atoms. The summed E-state index contributed by atoms with van der Waals surface area (Å²) in [5, 5.41) is 7.32. The molecule has 0 radical (unpaired) electrons. The van der Waals surface area contributed by atoms with Crippen molar-refractivity contribution in [2.24, 2.45) is 0 Å². The van der Waals surface area contributed by atoms with Gasteiger partial charge in [0.05, 0.1) is 18.8 Å². The minimum Gasteiger partial charge on any atom is -0.363 e. The first kappa shape index (κ1) is 15.0. The van der Waals surface area contributed by atoms with E-state index < -0.39 is 5.60 Å². The molecule has 0 aromatic carbocycles.